The predicted molar refractivity (Wildman–Crippen MR) is 84.0 cm³/mol. The second-order valence-corrected chi connectivity index (χ2v) is 7.41. The number of halogens is 2. The quantitative estimate of drug-likeness (QED) is 0.805. The van der Waals surface area contributed by atoms with Gasteiger partial charge in [-0.05, 0) is 41.9 Å². The molecule has 0 aliphatic heterocycles. The summed E-state index contributed by atoms with van der Waals surface area (Å²) in [6, 6.07) is 2.23. The number of aryl methyl sites for hydroxylation is 1. The van der Waals surface area contributed by atoms with Gasteiger partial charge in [0.2, 0.25) is 0 Å². The van der Waals surface area contributed by atoms with Crippen molar-refractivity contribution in [1.29, 1.82) is 0 Å². The minimum absolute atomic E-state index is 0.150. The van der Waals surface area contributed by atoms with Gasteiger partial charge >= 0.3 is 0 Å². The SMILES string of the molecule is CCCNC(c1cc(Br)c(Cl)s1)c1nc(C)cs1. The highest BCUT2D eigenvalue weighted by Gasteiger charge is 2.20. The van der Waals surface area contributed by atoms with E-state index in [0.29, 0.717) is 0 Å². The van der Waals surface area contributed by atoms with Gasteiger partial charge in [-0.25, -0.2) is 4.98 Å². The molecule has 0 bridgehead atoms. The van der Waals surface area contributed by atoms with Crippen LogP contribution in [0.2, 0.25) is 4.34 Å². The predicted octanol–water partition coefficient (Wildman–Crippen LogP) is 5.02. The van der Waals surface area contributed by atoms with Crippen molar-refractivity contribution in [2.45, 2.75) is 26.3 Å². The lowest BCUT2D eigenvalue weighted by Crippen LogP contribution is -2.22. The first-order chi connectivity index (χ1) is 8.61. The van der Waals surface area contributed by atoms with Gasteiger partial charge in [-0.3, -0.25) is 0 Å². The summed E-state index contributed by atoms with van der Waals surface area (Å²) in [4.78, 5) is 5.79. The lowest BCUT2D eigenvalue weighted by atomic mass is 10.2. The van der Waals surface area contributed by atoms with Gasteiger partial charge in [0.25, 0.3) is 0 Å². The summed E-state index contributed by atoms with van der Waals surface area (Å²) in [7, 11) is 0. The van der Waals surface area contributed by atoms with Gasteiger partial charge in [-0.2, -0.15) is 0 Å². The first-order valence-corrected chi connectivity index (χ1v) is 8.58. The van der Waals surface area contributed by atoms with Crippen molar-refractivity contribution in [2.24, 2.45) is 0 Å². The molecular weight excluding hydrogens is 352 g/mol. The van der Waals surface area contributed by atoms with Gasteiger partial charge in [0.15, 0.2) is 0 Å². The number of nitrogens with one attached hydrogen (secondary N) is 1. The van der Waals surface area contributed by atoms with Crippen molar-refractivity contribution in [3.63, 3.8) is 0 Å². The van der Waals surface area contributed by atoms with Crippen LogP contribution in [0.3, 0.4) is 0 Å². The Morgan fingerprint density at radius 3 is 2.83 bits per heavy atom. The molecule has 2 aromatic heterocycles. The molecule has 0 radical (unpaired) electrons. The van der Waals surface area contributed by atoms with Gasteiger partial charge in [0.05, 0.1) is 6.04 Å². The average molecular weight is 366 g/mol. The zero-order valence-corrected chi connectivity index (χ0v) is 14.1. The topological polar surface area (TPSA) is 24.9 Å². The van der Waals surface area contributed by atoms with Crippen molar-refractivity contribution in [2.75, 3.05) is 6.54 Å². The summed E-state index contributed by atoms with van der Waals surface area (Å²) in [5, 5.41) is 6.72. The van der Waals surface area contributed by atoms with E-state index in [1.54, 1.807) is 22.7 Å². The summed E-state index contributed by atoms with van der Waals surface area (Å²) in [6.45, 7) is 5.15. The van der Waals surface area contributed by atoms with Crippen LogP contribution in [-0.2, 0) is 0 Å². The Hall–Kier alpha value is 0.0600. The minimum atomic E-state index is 0.150. The van der Waals surface area contributed by atoms with Crippen LogP contribution < -0.4 is 5.32 Å². The molecule has 0 saturated carbocycles. The minimum Gasteiger partial charge on any atom is -0.304 e. The van der Waals surface area contributed by atoms with Crippen LogP contribution in [0.4, 0.5) is 0 Å². The van der Waals surface area contributed by atoms with E-state index in [1.807, 2.05) is 6.92 Å². The fourth-order valence-corrected chi connectivity index (χ4v) is 4.39. The third kappa shape index (κ3) is 3.33. The number of hydrogen-bond acceptors (Lipinski definition) is 4. The molecule has 0 amide bonds. The van der Waals surface area contributed by atoms with E-state index in [4.69, 9.17) is 11.6 Å². The van der Waals surface area contributed by atoms with Crippen molar-refractivity contribution in [1.82, 2.24) is 10.3 Å². The Bertz CT molecular complexity index is 504. The monoisotopic (exact) mass is 364 g/mol. The highest BCUT2D eigenvalue weighted by Crippen LogP contribution is 2.38. The number of thiophene rings is 1. The molecule has 0 aliphatic carbocycles. The van der Waals surface area contributed by atoms with E-state index in [2.05, 4.69) is 44.6 Å². The molecule has 0 saturated heterocycles. The number of nitrogens with zero attached hydrogens (tertiary/aromatic N) is 1. The number of rotatable bonds is 5. The Morgan fingerprint density at radius 2 is 2.33 bits per heavy atom. The molecule has 0 fully saturated rings. The third-order valence-corrected chi connectivity index (χ3v) is 6.00. The molecule has 0 aliphatic rings. The molecule has 18 heavy (non-hydrogen) atoms. The molecule has 2 aromatic rings. The van der Waals surface area contributed by atoms with E-state index < -0.39 is 0 Å². The van der Waals surface area contributed by atoms with Crippen LogP contribution in [0.1, 0.15) is 35.0 Å². The van der Waals surface area contributed by atoms with Crippen molar-refractivity contribution in [3.05, 3.63) is 35.8 Å². The molecule has 1 unspecified atom stereocenters. The molecule has 1 atom stereocenters. The maximum Gasteiger partial charge on any atom is 0.115 e. The number of aromatic nitrogens is 1. The second kappa shape index (κ2) is 6.48. The highest BCUT2D eigenvalue weighted by atomic mass is 79.9. The molecule has 0 spiro atoms. The number of thiazole rings is 1. The van der Waals surface area contributed by atoms with Crippen molar-refractivity contribution >= 4 is 50.2 Å². The van der Waals surface area contributed by atoms with Crippen LogP contribution in [0.5, 0.6) is 0 Å². The molecule has 98 valence electrons. The van der Waals surface area contributed by atoms with Crippen LogP contribution in [-0.4, -0.2) is 11.5 Å². The van der Waals surface area contributed by atoms with Gasteiger partial charge < -0.3 is 5.32 Å². The van der Waals surface area contributed by atoms with Gasteiger partial charge in [-0.15, -0.1) is 22.7 Å². The smallest absolute Gasteiger partial charge is 0.115 e. The van der Waals surface area contributed by atoms with Crippen LogP contribution >= 0.6 is 50.2 Å². The molecule has 2 rings (SSSR count). The number of hydrogen-bond donors (Lipinski definition) is 1. The highest BCUT2D eigenvalue weighted by molar-refractivity contribution is 9.10. The normalized spacial score (nSPS) is 12.9. The molecule has 1 N–H and O–H groups in total. The Labute approximate surface area is 129 Å². The zero-order chi connectivity index (χ0) is 13.1. The lowest BCUT2D eigenvalue weighted by Gasteiger charge is -2.14. The third-order valence-electron chi connectivity index (χ3n) is 2.43. The average Bonchev–Trinajstić information content (AvgIpc) is 2.88. The fraction of sp³-hybridized carbons (Fsp3) is 0.417. The molecule has 2 nitrogen and oxygen atoms in total. The zero-order valence-electron chi connectivity index (χ0n) is 10.2. The van der Waals surface area contributed by atoms with Gasteiger partial charge in [-0.1, -0.05) is 18.5 Å². The van der Waals surface area contributed by atoms with E-state index in [0.717, 1.165) is 32.5 Å². The molecule has 2 heterocycles. The fourth-order valence-electron chi connectivity index (χ4n) is 1.61. The first-order valence-electron chi connectivity index (χ1n) is 5.72. The summed E-state index contributed by atoms with van der Waals surface area (Å²) >= 11 is 12.9. The first kappa shape index (κ1) is 14.5. The lowest BCUT2D eigenvalue weighted by molar-refractivity contribution is 0.602. The van der Waals surface area contributed by atoms with E-state index in [-0.39, 0.29) is 6.04 Å². The Kier molecular flexibility index (Phi) is 5.21. The summed E-state index contributed by atoms with van der Waals surface area (Å²) in [6.07, 6.45) is 1.10. The van der Waals surface area contributed by atoms with Gasteiger partial charge in [0.1, 0.15) is 9.34 Å². The van der Waals surface area contributed by atoms with E-state index in [9.17, 15) is 0 Å². The summed E-state index contributed by atoms with van der Waals surface area (Å²) in [5.41, 5.74) is 1.07. The van der Waals surface area contributed by atoms with Gasteiger partial charge in [0, 0.05) is 20.4 Å². The standard InChI is InChI=1S/C12H14BrClN2S2/c1-3-4-15-10(12-16-7(2)6-17-12)9-5-8(13)11(14)18-9/h5-6,10,15H,3-4H2,1-2H3. The van der Waals surface area contributed by atoms with Crippen molar-refractivity contribution < 1.29 is 0 Å². The second-order valence-electron chi connectivity index (χ2n) is 3.98. The summed E-state index contributed by atoms with van der Waals surface area (Å²) < 4.78 is 1.75. The van der Waals surface area contributed by atoms with E-state index in [1.165, 1.54) is 4.88 Å². The van der Waals surface area contributed by atoms with Crippen LogP contribution in [0.15, 0.2) is 15.9 Å². The molecule has 0 aromatic carbocycles. The summed E-state index contributed by atoms with van der Waals surface area (Å²) in [5.74, 6) is 0. The maximum atomic E-state index is 6.13. The Morgan fingerprint density at radius 1 is 1.56 bits per heavy atom. The van der Waals surface area contributed by atoms with Crippen LogP contribution in [0.25, 0.3) is 0 Å². The van der Waals surface area contributed by atoms with E-state index >= 15 is 0 Å². The largest absolute Gasteiger partial charge is 0.304 e. The van der Waals surface area contributed by atoms with Crippen molar-refractivity contribution in [3.8, 4) is 0 Å². The molecular formula is C12H14BrClN2S2. The Balaban J connectivity index is 2.30. The van der Waals surface area contributed by atoms with Crippen LogP contribution in [0, 0.1) is 6.92 Å². The molecule has 6 heteroatoms. The maximum absolute atomic E-state index is 6.13.